The lowest BCUT2D eigenvalue weighted by atomic mass is 10.0. The van der Waals surface area contributed by atoms with E-state index in [4.69, 9.17) is 11.5 Å². The highest BCUT2D eigenvalue weighted by Gasteiger charge is 2.29. The maximum Gasteiger partial charge on any atom is 0.326 e. The minimum atomic E-state index is -1.32. The minimum Gasteiger partial charge on any atom is -0.508 e. The lowest BCUT2D eigenvalue weighted by Gasteiger charge is -2.24. The SMILES string of the molecule is NCCCCC(NC(=O)C(CO)NC(=O)CN)C(=O)NC(Cc1ccc(O)cc1)C(=O)O. The summed E-state index contributed by atoms with van der Waals surface area (Å²) < 4.78 is 0. The smallest absolute Gasteiger partial charge is 0.326 e. The Kier molecular flexibility index (Phi) is 11.7. The Hall–Kier alpha value is -3.22. The number of unbranched alkanes of at least 4 members (excludes halogenated alkanes) is 1. The maximum atomic E-state index is 12.8. The van der Waals surface area contributed by atoms with Gasteiger partial charge in [0, 0.05) is 6.42 Å². The first kappa shape index (κ1) is 26.8. The van der Waals surface area contributed by atoms with Gasteiger partial charge in [-0.15, -0.1) is 0 Å². The van der Waals surface area contributed by atoms with Gasteiger partial charge < -0.3 is 42.7 Å². The molecule has 178 valence electrons. The van der Waals surface area contributed by atoms with Crippen molar-refractivity contribution in [3.63, 3.8) is 0 Å². The minimum absolute atomic E-state index is 0.0208. The Morgan fingerprint density at radius 1 is 0.875 bits per heavy atom. The van der Waals surface area contributed by atoms with Gasteiger partial charge in [-0.1, -0.05) is 12.1 Å². The largest absolute Gasteiger partial charge is 0.508 e. The normalized spacial score (nSPS) is 13.5. The molecule has 1 aromatic carbocycles. The molecule has 0 saturated heterocycles. The highest BCUT2D eigenvalue weighted by molar-refractivity contribution is 5.93. The number of hydrogen-bond donors (Lipinski definition) is 8. The molecule has 0 spiro atoms. The van der Waals surface area contributed by atoms with Crippen LogP contribution in [0.4, 0.5) is 0 Å². The zero-order valence-electron chi connectivity index (χ0n) is 17.6. The Balaban J connectivity index is 2.90. The fourth-order valence-electron chi connectivity index (χ4n) is 2.82. The number of phenols is 1. The van der Waals surface area contributed by atoms with E-state index in [1.54, 1.807) is 0 Å². The van der Waals surface area contributed by atoms with Crippen molar-refractivity contribution in [2.24, 2.45) is 11.5 Å². The third kappa shape index (κ3) is 9.29. The van der Waals surface area contributed by atoms with Crippen molar-refractivity contribution in [2.45, 2.75) is 43.8 Å². The summed E-state index contributed by atoms with van der Waals surface area (Å²) in [5, 5.41) is 35.3. The van der Waals surface area contributed by atoms with Crippen molar-refractivity contribution >= 4 is 23.7 Å². The molecule has 0 aromatic heterocycles. The van der Waals surface area contributed by atoms with Crippen LogP contribution < -0.4 is 27.4 Å². The van der Waals surface area contributed by atoms with Crippen molar-refractivity contribution in [3.8, 4) is 5.75 Å². The third-order valence-electron chi connectivity index (χ3n) is 4.59. The first-order chi connectivity index (χ1) is 15.2. The van der Waals surface area contributed by atoms with Crippen LogP contribution in [0.25, 0.3) is 0 Å². The van der Waals surface area contributed by atoms with Crippen molar-refractivity contribution in [2.75, 3.05) is 19.7 Å². The molecule has 0 aliphatic carbocycles. The van der Waals surface area contributed by atoms with Crippen LogP contribution in [0, 0.1) is 0 Å². The Labute approximate surface area is 185 Å². The average molecular weight is 453 g/mol. The fourth-order valence-corrected chi connectivity index (χ4v) is 2.82. The number of hydrogen-bond acceptors (Lipinski definition) is 8. The number of nitrogens with two attached hydrogens (primary N) is 2. The predicted molar refractivity (Wildman–Crippen MR) is 114 cm³/mol. The Bertz CT molecular complexity index is 772. The van der Waals surface area contributed by atoms with E-state index in [1.165, 1.54) is 24.3 Å². The molecule has 3 amide bonds. The van der Waals surface area contributed by atoms with Crippen LogP contribution in [0.1, 0.15) is 24.8 Å². The number of benzene rings is 1. The molecule has 3 atom stereocenters. The van der Waals surface area contributed by atoms with Crippen molar-refractivity contribution in [3.05, 3.63) is 29.8 Å². The third-order valence-corrected chi connectivity index (χ3v) is 4.59. The number of rotatable bonds is 14. The molecule has 10 N–H and O–H groups in total. The second kappa shape index (κ2) is 14.0. The van der Waals surface area contributed by atoms with Gasteiger partial charge >= 0.3 is 5.97 Å². The van der Waals surface area contributed by atoms with Gasteiger partial charge in [0.1, 0.15) is 23.9 Å². The van der Waals surface area contributed by atoms with Crippen LogP contribution in [0.5, 0.6) is 5.75 Å². The van der Waals surface area contributed by atoms with E-state index in [0.717, 1.165) is 0 Å². The van der Waals surface area contributed by atoms with Gasteiger partial charge in [0.2, 0.25) is 17.7 Å². The molecule has 0 fully saturated rings. The number of aliphatic hydroxyl groups excluding tert-OH is 1. The van der Waals surface area contributed by atoms with Crippen LogP contribution in [-0.2, 0) is 25.6 Å². The Morgan fingerprint density at radius 2 is 1.47 bits per heavy atom. The van der Waals surface area contributed by atoms with E-state index < -0.39 is 48.4 Å². The first-order valence-electron chi connectivity index (χ1n) is 10.1. The number of amides is 3. The summed E-state index contributed by atoms with van der Waals surface area (Å²) in [6.45, 7) is -0.734. The topological polar surface area (TPSA) is 217 Å². The van der Waals surface area contributed by atoms with E-state index >= 15 is 0 Å². The average Bonchev–Trinajstić information content (AvgIpc) is 2.77. The number of aliphatic hydroxyl groups is 1. The molecule has 0 saturated carbocycles. The summed E-state index contributed by atoms with van der Waals surface area (Å²) in [4.78, 5) is 48.3. The molecule has 12 heteroatoms. The summed E-state index contributed by atoms with van der Waals surface area (Å²) >= 11 is 0. The molecule has 1 aromatic rings. The number of nitrogens with one attached hydrogen (secondary N) is 3. The number of aromatic hydroxyl groups is 1. The van der Waals surface area contributed by atoms with E-state index in [1.807, 2.05) is 0 Å². The molecule has 12 nitrogen and oxygen atoms in total. The van der Waals surface area contributed by atoms with Gasteiger partial charge in [0.05, 0.1) is 13.2 Å². The fraction of sp³-hybridized carbons (Fsp3) is 0.500. The second-order valence-electron chi connectivity index (χ2n) is 7.12. The summed E-state index contributed by atoms with van der Waals surface area (Å²) in [6.07, 6.45) is 1.17. The molecule has 0 aliphatic heterocycles. The van der Waals surface area contributed by atoms with E-state index in [2.05, 4.69) is 16.0 Å². The molecule has 0 radical (unpaired) electrons. The van der Waals surface area contributed by atoms with Crippen LogP contribution >= 0.6 is 0 Å². The molecule has 1 rings (SSSR count). The number of aliphatic carboxylic acids is 1. The van der Waals surface area contributed by atoms with Crippen LogP contribution in [0.2, 0.25) is 0 Å². The van der Waals surface area contributed by atoms with Gasteiger partial charge in [0.15, 0.2) is 0 Å². The molecule has 32 heavy (non-hydrogen) atoms. The van der Waals surface area contributed by atoms with Crippen molar-refractivity contribution < 1.29 is 34.5 Å². The van der Waals surface area contributed by atoms with Gasteiger partial charge in [0.25, 0.3) is 0 Å². The molecule has 0 aliphatic rings. The van der Waals surface area contributed by atoms with E-state index in [9.17, 15) is 34.5 Å². The Morgan fingerprint density at radius 3 is 2.00 bits per heavy atom. The summed E-state index contributed by atoms with van der Waals surface area (Å²) in [5.41, 5.74) is 11.2. The summed E-state index contributed by atoms with van der Waals surface area (Å²) in [5.74, 6) is -3.46. The summed E-state index contributed by atoms with van der Waals surface area (Å²) in [6, 6.07) is 2.15. The number of carbonyl (C=O) groups is 4. The van der Waals surface area contributed by atoms with Gasteiger partial charge in [-0.3, -0.25) is 14.4 Å². The highest BCUT2D eigenvalue weighted by atomic mass is 16.4. The number of carboxylic acid groups (broad SMARTS) is 1. The molecule has 0 heterocycles. The monoisotopic (exact) mass is 453 g/mol. The quantitative estimate of drug-likeness (QED) is 0.140. The zero-order valence-corrected chi connectivity index (χ0v) is 17.6. The molecular formula is C20H31N5O7. The van der Waals surface area contributed by atoms with Gasteiger partial charge in [-0.05, 0) is 43.5 Å². The molecular weight excluding hydrogens is 422 g/mol. The first-order valence-corrected chi connectivity index (χ1v) is 10.1. The van der Waals surface area contributed by atoms with Gasteiger partial charge in [-0.25, -0.2) is 4.79 Å². The molecule has 3 unspecified atom stereocenters. The lowest BCUT2D eigenvalue weighted by Crippen LogP contribution is -2.57. The van der Waals surface area contributed by atoms with Crippen molar-refractivity contribution in [1.82, 2.24) is 16.0 Å². The van der Waals surface area contributed by atoms with E-state index in [0.29, 0.717) is 24.9 Å². The zero-order chi connectivity index (χ0) is 24.1. The van der Waals surface area contributed by atoms with Gasteiger partial charge in [-0.2, -0.15) is 0 Å². The highest BCUT2D eigenvalue weighted by Crippen LogP contribution is 2.12. The van der Waals surface area contributed by atoms with Crippen LogP contribution in [0.15, 0.2) is 24.3 Å². The number of phenolic OH excluding ortho intramolecular Hbond substituents is 1. The standard InChI is InChI=1S/C20H31N5O7/c21-8-2-1-3-14(24-19(30)16(11-26)23-17(28)10-22)18(29)25-15(20(31)32)9-12-4-6-13(27)7-5-12/h4-7,14-16,26-27H,1-3,8-11,21-22H2,(H,23,28)(H,24,30)(H,25,29)(H,31,32). The predicted octanol–water partition coefficient (Wildman–Crippen LogP) is -2.45. The number of carboxylic acids is 1. The van der Waals surface area contributed by atoms with Crippen LogP contribution in [0.3, 0.4) is 0 Å². The lowest BCUT2D eigenvalue weighted by molar-refractivity contribution is -0.142. The van der Waals surface area contributed by atoms with Crippen LogP contribution in [-0.4, -0.2) is 76.8 Å². The summed E-state index contributed by atoms with van der Waals surface area (Å²) in [7, 11) is 0. The second-order valence-corrected chi connectivity index (χ2v) is 7.12. The maximum absolute atomic E-state index is 12.8. The molecule has 0 bridgehead atoms. The van der Waals surface area contributed by atoms with E-state index in [-0.39, 0.29) is 25.1 Å². The van der Waals surface area contributed by atoms with Crippen molar-refractivity contribution in [1.29, 1.82) is 0 Å². The number of carbonyl (C=O) groups excluding carboxylic acids is 3.